The Labute approximate surface area is 137 Å². The SMILES string of the molecule is O=[N+]([O-])c1cc(C(F)(F)F)ccc1N1CCN(C2CCNC2)CC1. The van der Waals surface area contributed by atoms with E-state index in [4.69, 9.17) is 0 Å². The second-order valence-electron chi connectivity index (χ2n) is 6.13. The highest BCUT2D eigenvalue weighted by Crippen LogP contribution is 2.36. The Morgan fingerprint density at radius 2 is 1.92 bits per heavy atom. The van der Waals surface area contributed by atoms with Crippen molar-refractivity contribution in [1.29, 1.82) is 0 Å². The van der Waals surface area contributed by atoms with Gasteiger partial charge in [0.1, 0.15) is 5.69 Å². The summed E-state index contributed by atoms with van der Waals surface area (Å²) in [4.78, 5) is 14.6. The number of nitrogens with zero attached hydrogens (tertiary/aromatic N) is 3. The number of rotatable bonds is 3. The second kappa shape index (κ2) is 6.56. The smallest absolute Gasteiger partial charge is 0.363 e. The fourth-order valence-corrected chi connectivity index (χ4v) is 3.39. The number of anilines is 1. The molecule has 6 nitrogen and oxygen atoms in total. The Balaban J connectivity index is 1.76. The first-order valence-electron chi connectivity index (χ1n) is 7.91. The second-order valence-corrected chi connectivity index (χ2v) is 6.13. The number of nitrogens with one attached hydrogen (secondary N) is 1. The van der Waals surface area contributed by atoms with E-state index in [1.54, 1.807) is 4.90 Å². The van der Waals surface area contributed by atoms with Crippen molar-refractivity contribution in [3.8, 4) is 0 Å². The molecule has 1 aromatic rings. The standard InChI is InChI=1S/C15H19F3N4O2/c16-15(17,18)11-1-2-13(14(9-11)22(23)24)21-7-5-20(6-8-21)12-3-4-19-10-12/h1-2,9,12,19H,3-8,10H2. The van der Waals surface area contributed by atoms with E-state index in [-0.39, 0.29) is 5.69 Å². The average Bonchev–Trinajstić information content (AvgIpc) is 3.08. The molecule has 0 saturated carbocycles. The van der Waals surface area contributed by atoms with Crippen molar-refractivity contribution in [3.63, 3.8) is 0 Å². The van der Waals surface area contributed by atoms with Gasteiger partial charge in [-0.3, -0.25) is 15.0 Å². The van der Waals surface area contributed by atoms with Crippen LogP contribution in [0.5, 0.6) is 0 Å². The van der Waals surface area contributed by atoms with Gasteiger partial charge in [-0.15, -0.1) is 0 Å². The molecule has 2 heterocycles. The minimum Gasteiger partial charge on any atom is -0.363 e. The third-order valence-corrected chi connectivity index (χ3v) is 4.71. The van der Waals surface area contributed by atoms with E-state index >= 15 is 0 Å². The minimum atomic E-state index is -4.59. The van der Waals surface area contributed by atoms with E-state index in [1.807, 2.05) is 0 Å². The van der Waals surface area contributed by atoms with Crippen LogP contribution in [-0.2, 0) is 6.18 Å². The molecule has 0 amide bonds. The fourth-order valence-electron chi connectivity index (χ4n) is 3.39. The molecule has 0 bridgehead atoms. The predicted molar refractivity (Wildman–Crippen MR) is 83.2 cm³/mol. The molecule has 0 radical (unpaired) electrons. The molecular weight excluding hydrogens is 325 g/mol. The first kappa shape index (κ1) is 17.0. The van der Waals surface area contributed by atoms with E-state index in [1.165, 1.54) is 6.07 Å². The molecule has 2 aliphatic rings. The van der Waals surface area contributed by atoms with Gasteiger partial charge in [-0.2, -0.15) is 13.2 Å². The summed E-state index contributed by atoms with van der Waals surface area (Å²) in [5.74, 6) is 0. The van der Waals surface area contributed by atoms with Gasteiger partial charge in [-0.25, -0.2) is 0 Å². The topological polar surface area (TPSA) is 61.7 Å². The maximum atomic E-state index is 12.8. The summed E-state index contributed by atoms with van der Waals surface area (Å²) < 4.78 is 38.3. The lowest BCUT2D eigenvalue weighted by Crippen LogP contribution is -2.51. The molecule has 132 valence electrons. The number of piperazine rings is 1. The number of hydrogen-bond donors (Lipinski definition) is 1. The molecule has 9 heteroatoms. The van der Waals surface area contributed by atoms with E-state index < -0.39 is 22.4 Å². The van der Waals surface area contributed by atoms with Crippen LogP contribution in [0.25, 0.3) is 0 Å². The van der Waals surface area contributed by atoms with Crippen molar-refractivity contribution in [3.05, 3.63) is 33.9 Å². The van der Waals surface area contributed by atoms with Crippen LogP contribution in [-0.4, -0.2) is 55.1 Å². The fraction of sp³-hybridized carbons (Fsp3) is 0.600. The highest BCUT2D eigenvalue weighted by atomic mass is 19.4. The van der Waals surface area contributed by atoms with E-state index in [0.717, 1.165) is 38.7 Å². The van der Waals surface area contributed by atoms with Crippen molar-refractivity contribution >= 4 is 11.4 Å². The van der Waals surface area contributed by atoms with E-state index in [0.29, 0.717) is 25.2 Å². The third-order valence-electron chi connectivity index (χ3n) is 4.71. The van der Waals surface area contributed by atoms with Gasteiger partial charge in [0.2, 0.25) is 0 Å². The predicted octanol–water partition coefficient (Wildman–Crippen LogP) is 2.10. The summed E-state index contributed by atoms with van der Waals surface area (Å²) in [7, 11) is 0. The maximum Gasteiger partial charge on any atom is 0.416 e. The van der Waals surface area contributed by atoms with Crippen molar-refractivity contribution in [2.24, 2.45) is 0 Å². The summed E-state index contributed by atoms with van der Waals surface area (Å²) in [5.41, 5.74) is -1.22. The van der Waals surface area contributed by atoms with Gasteiger partial charge in [-0.1, -0.05) is 0 Å². The normalized spacial score (nSPS) is 22.8. The highest BCUT2D eigenvalue weighted by molar-refractivity contribution is 5.65. The first-order valence-corrected chi connectivity index (χ1v) is 7.91. The number of hydrogen-bond acceptors (Lipinski definition) is 5. The third kappa shape index (κ3) is 3.46. The summed E-state index contributed by atoms with van der Waals surface area (Å²) in [6.45, 7) is 4.59. The summed E-state index contributed by atoms with van der Waals surface area (Å²) in [6, 6.07) is 3.24. The lowest BCUT2D eigenvalue weighted by atomic mass is 10.1. The molecule has 2 aliphatic heterocycles. The molecule has 0 spiro atoms. The Hall–Kier alpha value is -1.87. The number of halogens is 3. The zero-order valence-electron chi connectivity index (χ0n) is 13.1. The lowest BCUT2D eigenvalue weighted by molar-refractivity contribution is -0.384. The van der Waals surface area contributed by atoms with E-state index in [9.17, 15) is 23.3 Å². The molecule has 3 rings (SSSR count). The summed E-state index contributed by atoms with van der Waals surface area (Å²) in [6.07, 6.45) is -3.50. The highest BCUT2D eigenvalue weighted by Gasteiger charge is 2.34. The van der Waals surface area contributed by atoms with Crippen molar-refractivity contribution in [1.82, 2.24) is 10.2 Å². The van der Waals surface area contributed by atoms with Crippen molar-refractivity contribution in [2.45, 2.75) is 18.6 Å². The molecule has 0 aromatic heterocycles. The van der Waals surface area contributed by atoms with Crippen LogP contribution >= 0.6 is 0 Å². The van der Waals surface area contributed by atoms with E-state index in [2.05, 4.69) is 10.2 Å². The summed E-state index contributed by atoms with van der Waals surface area (Å²) in [5, 5.41) is 14.5. The summed E-state index contributed by atoms with van der Waals surface area (Å²) >= 11 is 0. The number of alkyl halides is 3. The molecule has 1 unspecified atom stereocenters. The van der Waals surface area contributed by atoms with Crippen molar-refractivity contribution in [2.75, 3.05) is 44.2 Å². The number of nitro groups is 1. The van der Waals surface area contributed by atoms with Crippen LogP contribution in [0.1, 0.15) is 12.0 Å². The molecule has 1 aromatic carbocycles. The Bertz CT molecular complexity index is 609. The maximum absolute atomic E-state index is 12.8. The van der Waals surface area contributed by atoms with Gasteiger partial charge in [0.15, 0.2) is 0 Å². The van der Waals surface area contributed by atoms with Crippen LogP contribution in [0.4, 0.5) is 24.5 Å². The zero-order valence-corrected chi connectivity index (χ0v) is 13.1. The monoisotopic (exact) mass is 344 g/mol. The lowest BCUT2D eigenvalue weighted by Gasteiger charge is -2.38. The quantitative estimate of drug-likeness (QED) is 0.672. The molecule has 0 aliphatic carbocycles. The van der Waals surface area contributed by atoms with Gasteiger partial charge >= 0.3 is 6.18 Å². The molecular formula is C15H19F3N4O2. The Morgan fingerprint density at radius 3 is 2.46 bits per heavy atom. The van der Waals surface area contributed by atoms with Gasteiger partial charge in [0.25, 0.3) is 5.69 Å². The van der Waals surface area contributed by atoms with Crippen LogP contribution in [0.2, 0.25) is 0 Å². The van der Waals surface area contributed by atoms with Gasteiger partial charge in [0.05, 0.1) is 10.5 Å². The molecule has 1 N–H and O–H groups in total. The van der Waals surface area contributed by atoms with Crippen molar-refractivity contribution < 1.29 is 18.1 Å². The molecule has 1 atom stereocenters. The van der Waals surface area contributed by atoms with Gasteiger partial charge < -0.3 is 10.2 Å². The van der Waals surface area contributed by atoms with Gasteiger partial charge in [-0.05, 0) is 25.1 Å². The van der Waals surface area contributed by atoms with Crippen LogP contribution in [0, 0.1) is 10.1 Å². The molecule has 2 fully saturated rings. The minimum absolute atomic E-state index is 0.261. The van der Waals surface area contributed by atoms with Gasteiger partial charge in [0, 0.05) is 44.8 Å². The number of nitro benzene ring substituents is 1. The Morgan fingerprint density at radius 1 is 1.21 bits per heavy atom. The largest absolute Gasteiger partial charge is 0.416 e. The first-order chi connectivity index (χ1) is 11.4. The average molecular weight is 344 g/mol. The number of benzene rings is 1. The molecule has 24 heavy (non-hydrogen) atoms. The van der Waals surface area contributed by atoms with Crippen LogP contribution < -0.4 is 10.2 Å². The molecule has 2 saturated heterocycles. The Kier molecular flexibility index (Phi) is 4.64. The zero-order chi connectivity index (χ0) is 17.3. The van der Waals surface area contributed by atoms with Crippen LogP contribution in [0.3, 0.4) is 0 Å². The van der Waals surface area contributed by atoms with Crippen LogP contribution in [0.15, 0.2) is 18.2 Å².